The molecule has 1 heterocycles. The van der Waals surface area contributed by atoms with Gasteiger partial charge in [-0.3, -0.25) is 4.57 Å². The minimum Gasteiger partial charge on any atom is -0.265 e. The maximum atomic E-state index is 4.57. The van der Waals surface area contributed by atoms with Gasteiger partial charge in [0.1, 0.15) is 6.20 Å². The van der Waals surface area contributed by atoms with Gasteiger partial charge < -0.3 is 0 Å². The summed E-state index contributed by atoms with van der Waals surface area (Å²) in [5.74, 6) is 0.910. The average molecular weight is 459 g/mol. The van der Waals surface area contributed by atoms with Gasteiger partial charge in [0.25, 0.3) is 5.82 Å². The van der Waals surface area contributed by atoms with E-state index in [9.17, 15) is 0 Å². The molecule has 0 aliphatic carbocycles. The molecule has 0 saturated carbocycles. The van der Waals surface area contributed by atoms with Crippen molar-refractivity contribution in [1.82, 2.24) is 4.98 Å². The van der Waals surface area contributed by atoms with E-state index in [0.29, 0.717) is 0 Å². The number of nitrogens with zero attached hydrogens (tertiary/aromatic N) is 2. The number of aromatic nitrogens is 2. The van der Waals surface area contributed by atoms with E-state index >= 15 is 0 Å². The molecule has 2 nitrogen and oxygen atoms in total. The van der Waals surface area contributed by atoms with E-state index in [1.54, 1.807) is 0 Å². The molecule has 0 unspecified atom stereocenters. The summed E-state index contributed by atoms with van der Waals surface area (Å²) in [7, 11) is 2.01. The first kappa shape index (κ1) is 22.3. The van der Waals surface area contributed by atoms with E-state index in [1.165, 1.54) is 21.5 Å². The maximum absolute atomic E-state index is 4.57. The van der Waals surface area contributed by atoms with Gasteiger partial charge in [-0.2, -0.15) is 29.8 Å². The first-order valence-corrected chi connectivity index (χ1v) is 9.39. The zero-order valence-corrected chi connectivity index (χ0v) is 19.9. The van der Waals surface area contributed by atoms with Crippen molar-refractivity contribution < 1.29 is 37.3 Å². The van der Waals surface area contributed by atoms with Crippen LogP contribution in [-0.4, -0.2) is 13.4 Å². The smallest absolute Gasteiger partial charge is 0.264 e. The Morgan fingerprint density at radius 1 is 0.833 bits per heavy atom. The van der Waals surface area contributed by atoms with Gasteiger partial charge in [0.15, 0.2) is 0 Å². The van der Waals surface area contributed by atoms with Gasteiger partial charge in [0.2, 0.25) is 0 Å². The van der Waals surface area contributed by atoms with Crippen LogP contribution in [-0.2, 0) is 39.8 Å². The molecule has 0 aliphatic rings. The van der Waals surface area contributed by atoms with Crippen molar-refractivity contribution in [2.24, 2.45) is 7.05 Å². The Labute approximate surface area is 204 Å². The van der Waals surface area contributed by atoms with Crippen LogP contribution in [0.25, 0.3) is 44.1 Å². The summed E-state index contributed by atoms with van der Waals surface area (Å²) in [6.45, 7) is 2.10. The fourth-order valence-electron chi connectivity index (χ4n) is 3.83. The standard InChI is InChI=1S/C26H19N2.B.Y/c1-18-11-12-20(17-25(18)26-27-15-6-16-28(26)2)22-9-5-10-23-21-8-4-3-7-19(21)13-14-24(22)23;;/h3-8,10-16H,1-2H3;;/q-1;;. The zero-order valence-electron chi connectivity index (χ0n) is 17.1. The number of benzene rings is 4. The van der Waals surface area contributed by atoms with E-state index in [4.69, 9.17) is 0 Å². The topological polar surface area (TPSA) is 16.8 Å². The zero-order chi connectivity index (χ0) is 19.1. The Balaban J connectivity index is 0.00000128. The maximum Gasteiger partial charge on any atom is 0.264 e. The van der Waals surface area contributed by atoms with Crippen LogP contribution in [0.4, 0.5) is 0 Å². The van der Waals surface area contributed by atoms with Gasteiger partial charge in [-0.05, 0) is 16.3 Å². The summed E-state index contributed by atoms with van der Waals surface area (Å²) in [6, 6.07) is 30.3. The third-order valence-electron chi connectivity index (χ3n) is 5.29. The molecule has 0 atom stereocenters. The van der Waals surface area contributed by atoms with E-state index in [2.05, 4.69) is 78.6 Å². The molecule has 0 spiro atoms. The van der Waals surface area contributed by atoms with E-state index in [0.717, 1.165) is 28.1 Å². The molecule has 4 aromatic carbocycles. The Hall–Kier alpha value is -2.35. The third kappa shape index (κ3) is 3.85. The molecule has 0 fully saturated rings. The summed E-state index contributed by atoms with van der Waals surface area (Å²) >= 11 is 0. The third-order valence-corrected chi connectivity index (χ3v) is 5.29. The molecule has 5 aromatic rings. The van der Waals surface area contributed by atoms with Crippen LogP contribution in [0.1, 0.15) is 5.56 Å². The molecule has 0 bridgehead atoms. The minimum absolute atomic E-state index is 0. The number of aryl methyl sites for hydroxylation is 2. The van der Waals surface area contributed by atoms with Gasteiger partial charge in [0, 0.05) is 47.2 Å². The van der Waals surface area contributed by atoms with Crippen LogP contribution in [0.2, 0.25) is 0 Å². The largest absolute Gasteiger partial charge is 0.265 e. The molecular weight excluding hydrogens is 440 g/mol. The van der Waals surface area contributed by atoms with E-state index in [1.807, 2.05) is 36.1 Å². The van der Waals surface area contributed by atoms with Crippen LogP contribution in [0.5, 0.6) is 0 Å². The molecule has 4 radical (unpaired) electrons. The fraction of sp³-hybridized carbons (Fsp3) is 0.0769. The van der Waals surface area contributed by atoms with Crippen LogP contribution in [0, 0.1) is 19.1 Å². The van der Waals surface area contributed by atoms with Crippen molar-refractivity contribution in [3.05, 3.63) is 96.8 Å². The molecule has 0 aliphatic heterocycles. The first-order valence-electron chi connectivity index (χ1n) is 9.39. The molecule has 4 heteroatoms. The Morgan fingerprint density at radius 3 is 2.50 bits per heavy atom. The summed E-state index contributed by atoms with van der Waals surface area (Å²) in [4.78, 5) is 4.57. The second-order valence-electron chi connectivity index (χ2n) is 7.08. The van der Waals surface area contributed by atoms with Crippen molar-refractivity contribution in [2.75, 3.05) is 0 Å². The predicted octanol–water partition coefficient (Wildman–Crippen LogP) is 5.07. The normalized spacial score (nSPS) is 10.5. The van der Waals surface area contributed by atoms with Crippen molar-refractivity contribution in [1.29, 1.82) is 0 Å². The van der Waals surface area contributed by atoms with Crippen molar-refractivity contribution in [2.45, 2.75) is 6.92 Å². The molecule has 0 amide bonds. The number of fused-ring (bicyclic) bond motifs is 3. The monoisotopic (exact) mass is 459 g/mol. The second-order valence-corrected chi connectivity index (χ2v) is 7.08. The molecular formula is C26H19BN2Y-. The molecule has 0 saturated heterocycles. The van der Waals surface area contributed by atoms with Gasteiger partial charge in [0.05, 0.1) is 13.2 Å². The number of rotatable bonds is 2. The van der Waals surface area contributed by atoms with Crippen molar-refractivity contribution in [3.63, 3.8) is 0 Å². The minimum atomic E-state index is 0. The Bertz CT molecular complexity index is 1350. The van der Waals surface area contributed by atoms with Gasteiger partial charge in [-0.25, -0.2) is 5.56 Å². The van der Waals surface area contributed by atoms with Crippen LogP contribution >= 0.6 is 0 Å². The van der Waals surface area contributed by atoms with Crippen LogP contribution in [0.15, 0.2) is 79.1 Å². The van der Waals surface area contributed by atoms with Gasteiger partial charge in [-0.15, -0.1) is 34.5 Å². The Kier molecular flexibility index (Phi) is 6.85. The number of hydrogen-bond acceptors (Lipinski definition) is 1. The predicted molar refractivity (Wildman–Crippen MR) is 119 cm³/mol. The van der Waals surface area contributed by atoms with Crippen molar-refractivity contribution >= 4 is 30.0 Å². The SMILES string of the molecule is Cc1ccc(-c2[c-]ccc3c2ccc2ccccc23)[c-]c1-c1nccc[n+]1C.[B].[Y]. The fourth-order valence-corrected chi connectivity index (χ4v) is 3.83. The van der Waals surface area contributed by atoms with E-state index < -0.39 is 0 Å². The first-order chi connectivity index (χ1) is 13.7. The van der Waals surface area contributed by atoms with Gasteiger partial charge in [-0.1, -0.05) is 42.2 Å². The number of hydrogen-bond donors (Lipinski definition) is 0. The summed E-state index contributed by atoms with van der Waals surface area (Å²) < 4.78 is 2.03. The second kappa shape index (κ2) is 9.20. The van der Waals surface area contributed by atoms with Crippen LogP contribution < -0.4 is 4.57 Å². The van der Waals surface area contributed by atoms with E-state index in [-0.39, 0.29) is 41.1 Å². The molecule has 0 N–H and O–H groups in total. The molecule has 30 heavy (non-hydrogen) atoms. The summed E-state index contributed by atoms with van der Waals surface area (Å²) in [5, 5.41) is 4.95. The summed E-state index contributed by atoms with van der Waals surface area (Å²) in [6.07, 6.45) is 3.84. The van der Waals surface area contributed by atoms with Gasteiger partial charge >= 0.3 is 0 Å². The van der Waals surface area contributed by atoms with Crippen LogP contribution in [0.3, 0.4) is 0 Å². The quantitative estimate of drug-likeness (QED) is 0.156. The summed E-state index contributed by atoms with van der Waals surface area (Å²) in [5.41, 5.74) is 4.28. The van der Waals surface area contributed by atoms with Crippen molar-refractivity contribution in [3.8, 4) is 22.5 Å². The molecule has 1 aromatic heterocycles. The molecule has 140 valence electrons. The Morgan fingerprint density at radius 2 is 1.67 bits per heavy atom. The average Bonchev–Trinajstić information content (AvgIpc) is 2.74. The molecule has 5 rings (SSSR count).